The normalized spacial score (nSPS) is 20.4. The highest BCUT2D eigenvalue weighted by Crippen LogP contribution is 2.36. The summed E-state index contributed by atoms with van der Waals surface area (Å²) in [6.07, 6.45) is -1.04. The van der Waals surface area contributed by atoms with Gasteiger partial charge < -0.3 is 15.5 Å². The van der Waals surface area contributed by atoms with Gasteiger partial charge in [0, 0.05) is 24.3 Å². The van der Waals surface area contributed by atoms with E-state index >= 15 is 0 Å². The topological polar surface area (TPSA) is 91.4 Å². The number of piperidine rings is 1. The predicted octanol–water partition coefficient (Wildman–Crippen LogP) is 4.23. The SMILES string of the molecule is Cc1ncc(NC(=O)C(=O)N2C[C@@H](C)CC[C@@H]2c2ccc3c(c2)CCC(=O)N3)cc1C(F)(F)F. The molecule has 2 aliphatic rings. The van der Waals surface area contributed by atoms with Gasteiger partial charge >= 0.3 is 18.0 Å². The quantitative estimate of drug-likeness (QED) is 0.638. The number of aromatic nitrogens is 1. The molecule has 4 rings (SSSR count). The van der Waals surface area contributed by atoms with Gasteiger partial charge in [-0.1, -0.05) is 19.1 Å². The summed E-state index contributed by atoms with van der Waals surface area (Å²) >= 11 is 0. The van der Waals surface area contributed by atoms with Gasteiger partial charge in [0.25, 0.3) is 0 Å². The summed E-state index contributed by atoms with van der Waals surface area (Å²) in [5.74, 6) is -1.69. The van der Waals surface area contributed by atoms with Crippen molar-refractivity contribution < 1.29 is 27.6 Å². The number of likely N-dealkylation sites (tertiary alicyclic amines) is 1. The molecule has 34 heavy (non-hydrogen) atoms. The van der Waals surface area contributed by atoms with Gasteiger partial charge in [-0.05, 0) is 55.4 Å². The molecular weight excluding hydrogens is 449 g/mol. The van der Waals surface area contributed by atoms with E-state index in [-0.39, 0.29) is 29.2 Å². The Morgan fingerprint density at radius 1 is 1.18 bits per heavy atom. The third-order valence-electron chi connectivity index (χ3n) is 6.33. The van der Waals surface area contributed by atoms with Gasteiger partial charge in [-0.3, -0.25) is 19.4 Å². The lowest BCUT2D eigenvalue weighted by molar-refractivity contribution is -0.146. The molecule has 3 heterocycles. The number of alkyl halides is 3. The molecule has 1 saturated heterocycles. The van der Waals surface area contributed by atoms with Gasteiger partial charge in [-0.2, -0.15) is 13.2 Å². The van der Waals surface area contributed by atoms with Crippen molar-refractivity contribution in [3.63, 3.8) is 0 Å². The summed E-state index contributed by atoms with van der Waals surface area (Å²) in [5, 5.41) is 5.11. The van der Waals surface area contributed by atoms with Gasteiger partial charge in [0.15, 0.2) is 0 Å². The molecule has 2 atom stereocenters. The summed E-state index contributed by atoms with van der Waals surface area (Å²) in [7, 11) is 0. The number of rotatable bonds is 2. The summed E-state index contributed by atoms with van der Waals surface area (Å²) < 4.78 is 39.6. The van der Waals surface area contributed by atoms with Crippen LogP contribution in [0.4, 0.5) is 24.5 Å². The Kier molecular flexibility index (Phi) is 6.33. The number of hydrogen-bond acceptors (Lipinski definition) is 4. The first-order chi connectivity index (χ1) is 16.0. The zero-order chi connectivity index (χ0) is 24.6. The second-order valence-electron chi connectivity index (χ2n) is 8.93. The minimum absolute atomic E-state index is 0.0421. The Balaban J connectivity index is 1.56. The maximum absolute atomic E-state index is 13.2. The number of nitrogens with one attached hydrogen (secondary N) is 2. The highest BCUT2D eigenvalue weighted by molar-refractivity contribution is 6.39. The molecule has 2 aromatic rings. The van der Waals surface area contributed by atoms with Gasteiger partial charge in [0.1, 0.15) is 0 Å². The van der Waals surface area contributed by atoms with E-state index in [4.69, 9.17) is 0 Å². The van der Waals surface area contributed by atoms with E-state index in [2.05, 4.69) is 15.6 Å². The Hall–Kier alpha value is -3.43. The second kappa shape index (κ2) is 9.08. The fraction of sp³-hybridized carbons (Fsp3) is 0.417. The standard InChI is InChI=1S/C24H25F3N4O3/c1-13-3-7-20(16-4-6-19-15(9-16)5-8-21(32)30-19)31(12-13)23(34)22(33)29-17-10-18(24(25,26)27)14(2)28-11-17/h4,6,9-11,13,20H,3,5,7-8,12H2,1-2H3,(H,29,33)(H,30,32)/t13-,20+/m0/s1. The van der Waals surface area contributed by atoms with Crippen LogP contribution in [0.1, 0.15) is 54.6 Å². The number of nitrogens with zero attached hydrogens (tertiary/aromatic N) is 2. The number of anilines is 2. The van der Waals surface area contributed by atoms with Crippen molar-refractivity contribution in [3.8, 4) is 0 Å². The fourth-order valence-electron chi connectivity index (χ4n) is 4.54. The zero-order valence-corrected chi connectivity index (χ0v) is 18.8. The molecule has 1 aromatic carbocycles. The Morgan fingerprint density at radius 2 is 1.94 bits per heavy atom. The average molecular weight is 474 g/mol. The van der Waals surface area contributed by atoms with E-state index in [9.17, 15) is 27.6 Å². The van der Waals surface area contributed by atoms with Crippen LogP contribution in [0.2, 0.25) is 0 Å². The number of fused-ring (bicyclic) bond motifs is 1. The smallest absolute Gasteiger partial charge is 0.327 e. The number of halogens is 3. The van der Waals surface area contributed by atoms with Crippen LogP contribution in [0.15, 0.2) is 30.5 Å². The number of benzene rings is 1. The fourth-order valence-corrected chi connectivity index (χ4v) is 4.54. The van der Waals surface area contributed by atoms with Crippen LogP contribution in [0, 0.1) is 12.8 Å². The van der Waals surface area contributed by atoms with E-state index in [0.29, 0.717) is 25.8 Å². The highest BCUT2D eigenvalue weighted by atomic mass is 19.4. The van der Waals surface area contributed by atoms with Crippen LogP contribution in [0.25, 0.3) is 0 Å². The van der Waals surface area contributed by atoms with Crippen LogP contribution in [-0.4, -0.2) is 34.2 Å². The molecule has 0 saturated carbocycles. The molecule has 7 nitrogen and oxygen atoms in total. The summed E-state index contributed by atoms with van der Waals surface area (Å²) in [6, 6.07) is 6.02. The first-order valence-electron chi connectivity index (χ1n) is 11.1. The lowest BCUT2D eigenvalue weighted by Crippen LogP contribution is -2.46. The lowest BCUT2D eigenvalue weighted by atomic mass is 9.88. The molecule has 10 heteroatoms. The number of carbonyl (C=O) groups is 3. The van der Waals surface area contributed by atoms with Crippen LogP contribution < -0.4 is 10.6 Å². The third kappa shape index (κ3) is 4.90. The Labute approximate surface area is 194 Å². The molecule has 0 aliphatic carbocycles. The maximum Gasteiger partial charge on any atom is 0.418 e. The van der Waals surface area contributed by atoms with Crippen molar-refractivity contribution in [2.24, 2.45) is 5.92 Å². The van der Waals surface area contributed by atoms with E-state index in [1.54, 1.807) is 6.07 Å². The lowest BCUT2D eigenvalue weighted by Gasteiger charge is -2.39. The van der Waals surface area contributed by atoms with Crippen molar-refractivity contribution in [3.05, 3.63) is 52.8 Å². The van der Waals surface area contributed by atoms with Crippen LogP contribution in [0.5, 0.6) is 0 Å². The van der Waals surface area contributed by atoms with Crippen molar-refractivity contribution in [1.82, 2.24) is 9.88 Å². The van der Waals surface area contributed by atoms with Crippen LogP contribution in [0.3, 0.4) is 0 Å². The van der Waals surface area contributed by atoms with E-state index in [1.165, 1.54) is 11.8 Å². The Morgan fingerprint density at radius 3 is 2.68 bits per heavy atom. The Bertz CT molecular complexity index is 1150. The number of amides is 3. The largest absolute Gasteiger partial charge is 0.418 e. The van der Waals surface area contributed by atoms with Gasteiger partial charge in [-0.25, -0.2) is 0 Å². The molecular formula is C24H25F3N4O3. The van der Waals surface area contributed by atoms with Crippen LogP contribution in [-0.2, 0) is 27.0 Å². The molecule has 0 bridgehead atoms. The molecule has 1 aromatic heterocycles. The molecule has 2 aliphatic heterocycles. The second-order valence-corrected chi connectivity index (χ2v) is 8.93. The van der Waals surface area contributed by atoms with E-state index in [0.717, 1.165) is 35.5 Å². The molecule has 0 unspecified atom stereocenters. The molecule has 1 fully saturated rings. The number of carbonyl (C=O) groups excluding carboxylic acids is 3. The molecule has 2 N–H and O–H groups in total. The molecule has 0 radical (unpaired) electrons. The van der Waals surface area contributed by atoms with Gasteiger partial charge in [-0.15, -0.1) is 0 Å². The van der Waals surface area contributed by atoms with E-state index in [1.807, 2.05) is 19.1 Å². The third-order valence-corrected chi connectivity index (χ3v) is 6.33. The minimum atomic E-state index is -4.62. The number of pyridine rings is 1. The minimum Gasteiger partial charge on any atom is -0.327 e. The predicted molar refractivity (Wildman–Crippen MR) is 119 cm³/mol. The van der Waals surface area contributed by atoms with Crippen molar-refractivity contribution in [2.75, 3.05) is 17.2 Å². The maximum atomic E-state index is 13.2. The highest BCUT2D eigenvalue weighted by Gasteiger charge is 2.36. The summed E-state index contributed by atoms with van der Waals surface area (Å²) in [4.78, 5) is 42.7. The first kappa shape index (κ1) is 23.7. The van der Waals surface area contributed by atoms with Crippen molar-refractivity contribution in [2.45, 2.75) is 51.7 Å². The van der Waals surface area contributed by atoms with Gasteiger partial charge in [0.05, 0.1) is 23.5 Å². The number of hydrogen-bond donors (Lipinski definition) is 2. The number of aryl methyl sites for hydroxylation is 2. The molecule has 0 spiro atoms. The van der Waals surface area contributed by atoms with Crippen LogP contribution >= 0.6 is 0 Å². The van der Waals surface area contributed by atoms with E-state index < -0.39 is 23.6 Å². The van der Waals surface area contributed by atoms with Gasteiger partial charge in [0.2, 0.25) is 5.91 Å². The summed E-state index contributed by atoms with van der Waals surface area (Å²) in [6.45, 7) is 3.56. The average Bonchev–Trinajstić information content (AvgIpc) is 2.78. The monoisotopic (exact) mass is 474 g/mol. The molecule has 3 amide bonds. The molecule has 180 valence electrons. The van der Waals surface area contributed by atoms with Crippen molar-refractivity contribution >= 4 is 29.1 Å². The summed E-state index contributed by atoms with van der Waals surface area (Å²) in [5.41, 5.74) is 1.19. The first-order valence-corrected chi connectivity index (χ1v) is 11.1. The zero-order valence-electron chi connectivity index (χ0n) is 18.8. The van der Waals surface area contributed by atoms with Crippen molar-refractivity contribution in [1.29, 1.82) is 0 Å².